The number of nitrogens with one attached hydrogen (secondary N) is 1. The van der Waals surface area contributed by atoms with Gasteiger partial charge in [0, 0.05) is 19.3 Å². The molecule has 0 spiro atoms. The lowest BCUT2D eigenvalue weighted by atomic mass is 9.94. The van der Waals surface area contributed by atoms with E-state index < -0.39 is 0 Å². The average molecular weight is 333 g/mol. The van der Waals surface area contributed by atoms with Crippen molar-refractivity contribution in [3.63, 3.8) is 0 Å². The third kappa shape index (κ3) is 5.16. The lowest BCUT2D eigenvalue weighted by molar-refractivity contribution is 0.0936. The molecule has 0 radical (unpaired) electrons. The molecule has 0 aliphatic rings. The summed E-state index contributed by atoms with van der Waals surface area (Å²) in [6.07, 6.45) is 3.29. The molecule has 1 aromatic heterocycles. The Morgan fingerprint density at radius 2 is 2.00 bits per heavy atom. The normalized spacial score (nSPS) is 12.4. The Balaban J connectivity index is 1.96. The van der Waals surface area contributed by atoms with Gasteiger partial charge in [0.2, 0.25) is 0 Å². The molecule has 2 rings (SSSR count). The maximum absolute atomic E-state index is 13.0. The van der Waals surface area contributed by atoms with Crippen LogP contribution in [0.2, 0.25) is 0 Å². The molecule has 24 heavy (non-hydrogen) atoms. The van der Waals surface area contributed by atoms with E-state index in [1.54, 1.807) is 24.4 Å². The topological polar surface area (TPSA) is 67.2 Å². The lowest BCUT2D eigenvalue weighted by Crippen LogP contribution is -2.30. The first-order valence-electron chi connectivity index (χ1n) is 8.20. The minimum atomic E-state index is -0.316. The Morgan fingerprint density at radius 3 is 2.62 bits per heavy atom. The molecule has 2 aromatic rings. The van der Waals surface area contributed by atoms with Gasteiger partial charge in [0.1, 0.15) is 5.82 Å². The molecule has 0 fully saturated rings. The fourth-order valence-corrected chi connectivity index (χ4v) is 2.66. The molecule has 130 valence electrons. The number of hydrogen-bond acceptors (Lipinski definition) is 3. The Labute approximate surface area is 141 Å². The van der Waals surface area contributed by atoms with Crippen molar-refractivity contribution in [2.24, 2.45) is 11.8 Å². The van der Waals surface area contributed by atoms with Crippen molar-refractivity contribution in [2.45, 2.75) is 26.7 Å². The van der Waals surface area contributed by atoms with E-state index in [1.165, 1.54) is 16.8 Å². The van der Waals surface area contributed by atoms with E-state index in [4.69, 9.17) is 5.11 Å². The van der Waals surface area contributed by atoms with Crippen LogP contribution >= 0.6 is 0 Å². The third-order valence-corrected chi connectivity index (χ3v) is 3.81. The van der Waals surface area contributed by atoms with Crippen LogP contribution in [0.3, 0.4) is 0 Å². The largest absolute Gasteiger partial charge is 0.396 e. The number of nitrogens with zero attached hydrogens (tertiary/aromatic N) is 2. The highest BCUT2D eigenvalue weighted by Gasteiger charge is 2.15. The van der Waals surface area contributed by atoms with E-state index in [1.807, 2.05) is 0 Å². The summed E-state index contributed by atoms with van der Waals surface area (Å²) in [6, 6.07) is 7.53. The number of carbonyl (C=O) groups excluding carboxylic acids is 1. The van der Waals surface area contributed by atoms with E-state index in [-0.39, 0.29) is 24.2 Å². The third-order valence-electron chi connectivity index (χ3n) is 3.81. The molecule has 1 heterocycles. The zero-order chi connectivity index (χ0) is 17.5. The van der Waals surface area contributed by atoms with E-state index in [0.717, 1.165) is 6.42 Å². The predicted octanol–water partition coefficient (Wildman–Crippen LogP) is 2.79. The molecule has 1 atom stereocenters. The molecule has 2 N–H and O–H groups in total. The quantitative estimate of drug-likeness (QED) is 0.780. The van der Waals surface area contributed by atoms with Gasteiger partial charge in [-0.3, -0.25) is 4.79 Å². The van der Waals surface area contributed by atoms with Crippen LogP contribution in [0.15, 0.2) is 36.5 Å². The summed E-state index contributed by atoms with van der Waals surface area (Å²) < 4.78 is 14.5. The Kier molecular flexibility index (Phi) is 6.49. The van der Waals surface area contributed by atoms with Gasteiger partial charge in [-0.25, -0.2) is 9.07 Å². The Bertz CT molecular complexity index is 653. The summed E-state index contributed by atoms with van der Waals surface area (Å²) in [6.45, 7) is 4.88. The number of aliphatic hydroxyl groups is 1. The molecular formula is C18H24FN3O2. The summed E-state index contributed by atoms with van der Waals surface area (Å²) in [7, 11) is 0. The number of carbonyl (C=O) groups is 1. The van der Waals surface area contributed by atoms with Crippen LogP contribution in [-0.2, 0) is 0 Å². The first-order valence-corrected chi connectivity index (χ1v) is 8.20. The monoisotopic (exact) mass is 333 g/mol. The van der Waals surface area contributed by atoms with Gasteiger partial charge in [0.05, 0.1) is 5.69 Å². The molecule has 0 aliphatic carbocycles. The SMILES string of the molecule is CC(C)CC(CCO)CNC(=O)c1ccn(-c2ccc(F)cc2)n1. The molecule has 6 heteroatoms. The van der Waals surface area contributed by atoms with E-state index in [0.29, 0.717) is 30.3 Å². The highest BCUT2D eigenvalue weighted by Crippen LogP contribution is 2.14. The summed E-state index contributed by atoms with van der Waals surface area (Å²) in [5.41, 5.74) is 1.00. The molecular weight excluding hydrogens is 309 g/mol. The van der Waals surface area contributed by atoms with Crippen molar-refractivity contribution in [3.05, 3.63) is 48.0 Å². The highest BCUT2D eigenvalue weighted by molar-refractivity contribution is 5.92. The van der Waals surface area contributed by atoms with Crippen LogP contribution in [-0.4, -0.2) is 33.9 Å². The van der Waals surface area contributed by atoms with Gasteiger partial charge in [-0.1, -0.05) is 13.8 Å². The molecule has 0 saturated heterocycles. The van der Waals surface area contributed by atoms with Gasteiger partial charge in [-0.15, -0.1) is 0 Å². The van der Waals surface area contributed by atoms with Crippen LogP contribution in [0.25, 0.3) is 5.69 Å². The Morgan fingerprint density at radius 1 is 1.29 bits per heavy atom. The number of halogens is 1. The lowest BCUT2D eigenvalue weighted by Gasteiger charge is -2.18. The van der Waals surface area contributed by atoms with E-state index in [9.17, 15) is 9.18 Å². The van der Waals surface area contributed by atoms with Gasteiger partial charge < -0.3 is 10.4 Å². The summed E-state index contributed by atoms with van der Waals surface area (Å²) in [5.74, 6) is 0.195. The molecule has 0 saturated carbocycles. The van der Waals surface area contributed by atoms with Crippen molar-refractivity contribution >= 4 is 5.91 Å². The molecule has 0 bridgehead atoms. The van der Waals surface area contributed by atoms with Crippen LogP contribution in [0.5, 0.6) is 0 Å². The highest BCUT2D eigenvalue weighted by atomic mass is 19.1. The first kappa shape index (κ1) is 18.1. The number of benzene rings is 1. The van der Waals surface area contributed by atoms with Crippen LogP contribution in [0.4, 0.5) is 4.39 Å². The fourth-order valence-electron chi connectivity index (χ4n) is 2.66. The van der Waals surface area contributed by atoms with Gasteiger partial charge >= 0.3 is 0 Å². The maximum atomic E-state index is 13.0. The summed E-state index contributed by atoms with van der Waals surface area (Å²) >= 11 is 0. The zero-order valence-electron chi connectivity index (χ0n) is 14.1. The van der Waals surface area contributed by atoms with Crippen molar-refractivity contribution in [3.8, 4) is 5.69 Å². The molecule has 1 unspecified atom stereocenters. The Hall–Kier alpha value is -2.21. The second-order valence-corrected chi connectivity index (χ2v) is 6.34. The standard InChI is InChI=1S/C18H24FN3O2/c1-13(2)11-14(8-10-23)12-20-18(24)17-7-9-22(21-17)16-5-3-15(19)4-6-16/h3-7,9,13-14,23H,8,10-12H2,1-2H3,(H,20,24). The van der Waals surface area contributed by atoms with E-state index >= 15 is 0 Å². The van der Waals surface area contributed by atoms with E-state index in [2.05, 4.69) is 24.3 Å². The molecule has 1 aromatic carbocycles. The number of aromatic nitrogens is 2. The molecule has 0 aliphatic heterocycles. The van der Waals surface area contributed by atoms with Crippen LogP contribution in [0, 0.1) is 17.7 Å². The van der Waals surface area contributed by atoms with Gasteiger partial charge in [0.25, 0.3) is 5.91 Å². The smallest absolute Gasteiger partial charge is 0.271 e. The number of amides is 1. The fraction of sp³-hybridized carbons (Fsp3) is 0.444. The predicted molar refractivity (Wildman–Crippen MR) is 90.5 cm³/mol. The summed E-state index contributed by atoms with van der Waals surface area (Å²) in [4.78, 5) is 12.2. The number of rotatable bonds is 8. The van der Waals surface area contributed by atoms with Crippen molar-refractivity contribution in [1.82, 2.24) is 15.1 Å². The molecule has 1 amide bonds. The van der Waals surface area contributed by atoms with Gasteiger partial charge in [0.15, 0.2) is 5.69 Å². The first-order chi connectivity index (χ1) is 11.5. The molecule has 5 nitrogen and oxygen atoms in total. The zero-order valence-corrected chi connectivity index (χ0v) is 14.1. The minimum absolute atomic E-state index is 0.118. The average Bonchev–Trinajstić information content (AvgIpc) is 3.03. The second kappa shape index (κ2) is 8.59. The minimum Gasteiger partial charge on any atom is -0.396 e. The van der Waals surface area contributed by atoms with Crippen molar-refractivity contribution < 1.29 is 14.3 Å². The summed E-state index contributed by atoms with van der Waals surface area (Å²) in [5, 5.41) is 16.2. The maximum Gasteiger partial charge on any atom is 0.271 e. The number of aliphatic hydroxyl groups excluding tert-OH is 1. The van der Waals surface area contributed by atoms with Crippen molar-refractivity contribution in [1.29, 1.82) is 0 Å². The van der Waals surface area contributed by atoms with Gasteiger partial charge in [-0.2, -0.15) is 5.10 Å². The van der Waals surface area contributed by atoms with Crippen LogP contribution in [0.1, 0.15) is 37.2 Å². The van der Waals surface area contributed by atoms with Gasteiger partial charge in [-0.05, 0) is 55.0 Å². The van der Waals surface area contributed by atoms with Crippen molar-refractivity contribution in [2.75, 3.05) is 13.2 Å². The second-order valence-electron chi connectivity index (χ2n) is 6.34. The van der Waals surface area contributed by atoms with Crippen LogP contribution < -0.4 is 5.32 Å². The number of hydrogen-bond donors (Lipinski definition) is 2.